The molecule has 0 saturated heterocycles. The molecule has 6 nitrogen and oxygen atoms in total. The zero-order valence-electron chi connectivity index (χ0n) is 15.9. The summed E-state index contributed by atoms with van der Waals surface area (Å²) in [7, 11) is 0. The number of aryl methyl sites for hydroxylation is 1. The molecular weight excluding hydrogens is 358 g/mol. The molecule has 6 heteroatoms. The number of anilines is 1. The van der Waals surface area contributed by atoms with Gasteiger partial charge in [-0.3, -0.25) is 14.4 Å². The summed E-state index contributed by atoms with van der Waals surface area (Å²) in [5.41, 5.74) is 1.87. The summed E-state index contributed by atoms with van der Waals surface area (Å²) in [6.45, 7) is 2.48. The van der Waals surface area contributed by atoms with Gasteiger partial charge in [-0.2, -0.15) is 0 Å². The molecule has 0 spiro atoms. The van der Waals surface area contributed by atoms with Gasteiger partial charge in [0, 0.05) is 24.8 Å². The number of carbonyl (C=O) groups excluding carboxylic acids is 2. The second-order valence-electron chi connectivity index (χ2n) is 6.41. The average Bonchev–Trinajstić information content (AvgIpc) is 2.70. The van der Waals surface area contributed by atoms with Crippen molar-refractivity contribution < 1.29 is 24.2 Å². The molecule has 0 radical (unpaired) electrons. The summed E-state index contributed by atoms with van der Waals surface area (Å²) in [5.74, 6) is -0.727. The molecule has 1 amide bonds. The number of aliphatic carboxylic acids is 1. The first kappa shape index (κ1) is 21.2. The predicted molar refractivity (Wildman–Crippen MR) is 107 cm³/mol. The Bertz CT molecular complexity index is 817. The SMILES string of the molecule is CCCOc1ccc(CCC(=O)O)cc1NC(=O)CCC(=O)c1ccccc1. The Kier molecular flexibility index (Phi) is 8.21. The third kappa shape index (κ3) is 6.87. The summed E-state index contributed by atoms with van der Waals surface area (Å²) >= 11 is 0. The van der Waals surface area contributed by atoms with Gasteiger partial charge < -0.3 is 15.2 Å². The van der Waals surface area contributed by atoms with Crippen molar-refractivity contribution in [3.05, 3.63) is 59.7 Å². The van der Waals surface area contributed by atoms with E-state index in [-0.39, 0.29) is 31.0 Å². The van der Waals surface area contributed by atoms with Gasteiger partial charge in [-0.1, -0.05) is 43.3 Å². The van der Waals surface area contributed by atoms with Gasteiger partial charge in [-0.15, -0.1) is 0 Å². The Labute approximate surface area is 164 Å². The van der Waals surface area contributed by atoms with E-state index < -0.39 is 5.97 Å². The van der Waals surface area contributed by atoms with Crippen LogP contribution in [0.5, 0.6) is 5.75 Å². The van der Waals surface area contributed by atoms with Gasteiger partial charge >= 0.3 is 5.97 Å². The van der Waals surface area contributed by atoms with Gasteiger partial charge in [-0.05, 0) is 30.5 Å². The first-order chi connectivity index (χ1) is 13.5. The lowest BCUT2D eigenvalue weighted by molar-refractivity contribution is -0.137. The predicted octanol–water partition coefficient (Wildman–Crippen LogP) is 4.09. The Morgan fingerprint density at radius 2 is 1.75 bits per heavy atom. The van der Waals surface area contributed by atoms with Crippen molar-refractivity contribution in [2.24, 2.45) is 0 Å². The molecule has 0 heterocycles. The van der Waals surface area contributed by atoms with E-state index in [4.69, 9.17) is 9.84 Å². The molecule has 148 valence electrons. The molecule has 2 N–H and O–H groups in total. The van der Waals surface area contributed by atoms with Gasteiger partial charge in [0.1, 0.15) is 5.75 Å². The molecule has 0 unspecified atom stereocenters. The van der Waals surface area contributed by atoms with Crippen molar-refractivity contribution in [2.45, 2.75) is 39.0 Å². The number of hydrogen-bond donors (Lipinski definition) is 2. The van der Waals surface area contributed by atoms with E-state index in [0.717, 1.165) is 12.0 Å². The van der Waals surface area contributed by atoms with Crippen LogP contribution in [0, 0.1) is 0 Å². The minimum Gasteiger partial charge on any atom is -0.491 e. The van der Waals surface area contributed by atoms with Crippen LogP contribution in [-0.4, -0.2) is 29.4 Å². The third-order valence-corrected chi connectivity index (χ3v) is 4.08. The van der Waals surface area contributed by atoms with E-state index >= 15 is 0 Å². The minimum atomic E-state index is -0.878. The molecular formula is C22H25NO5. The highest BCUT2D eigenvalue weighted by Gasteiger charge is 2.13. The first-order valence-corrected chi connectivity index (χ1v) is 9.35. The lowest BCUT2D eigenvalue weighted by Crippen LogP contribution is -2.15. The van der Waals surface area contributed by atoms with E-state index in [0.29, 0.717) is 30.0 Å². The normalized spacial score (nSPS) is 10.3. The summed E-state index contributed by atoms with van der Waals surface area (Å²) in [5, 5.41) is 11.6. The maximum atomic E-state index is 12.3. The van der Waals surface area contributed by atoms with Crippen LogP contribution < -0.4 is 10.1 Å². The maximum Gasteiger partial charge on any atom is 0.303 e. The minimum absolute atomic E-state index is 0.00806. The van der Waals surface area contributed by atoms with E-state index in [1.807, 2.05) is 13.0 Å². The Balaban J connectivity index is 2.02. The van der Waals surface area contributed by atoms with Gasteiger partial charge in [0.2, 0.25) is 5.91 Å². The molecule has 0 aromatic heterocycles. The van der Waals surface area contributed by atoms with Crippen LogP contribution in [0.15, 0.2) is 48.5 Å². The van der Waals surface area contributed by atoms with Crippen LogP contribution >= 0.6 is 0 Å². The number of amides is 1. The van der Waals surface area contributed by atoms with E-state index in [9.17, 15) is 14.4 Å². The Morgan fingerprint density at radius 1 is 1.00 bits per heavy atom. The zero-order chi connectivity index (χ0) is 20.4. The fourth-order valence-corrected chi connectivity index (χ4v) is 2.63. The standard InChI is InChI=1S/C22H25NO5/c1-2-14-28-20-11-8-16(9-13-22(26)27)15-18(20)23-21(25)12-10-19(24)17-6-4-3-5-7-17/h3-8,11,15H,2,9-10,12-14H2,1H3,(H,23,25)(H,26,27). The molecule has 0 aliphatic heterocycles. The van der Waals surface area contributed by atoms with Crippen molar-refractivity contribution >= 4 is 23.3 Å². The molecule has 2 aromatic rings. The summed E-state index contributed by atoms with van der Waals surface area (Å²) in [6, 6.07) is 14.1. The Hall–Kier alpha value is -3.15. The summed E-state index contributed by atoms with van der Waals surface area (Å²) < 4.78 is 5.66. The van der Waals surface area contributed by atoms with Gasteiger partial charge in [0.25, 0.3) is 0 Å². The number of hydrogen-bond acceptors (Lipinski definition) is 4. The molecule has 0 fully saturated rings. The monoisotopic (exact) mass is 383 g/mol. The number of ketones is 1. The molecule has 0 bridgehead atoms. The van der Waals surface area contributed by atoms with Crippen LogP contribution in [0.3, 0.4) is 0 Å². The molecule has 0 atom stereocenters. The average molecular weight is 383 g/mol. The number of nitrogens with one attached hydrogen (secondary N) is 1. The van der Waals surface area contributed by atoms with Crippen molar-refractivity contribution in [1.82, 2.24) is 0 Å². The van der Waals surface area contributed by atoms with E-state index in [2.05, 4.69) is 5.32 Å². The van der Waals surface area contributed by atoms with Crippen molar-refractivity contribution in [3.8, 4) is 5.75 Å². The topological polar surface area (TPSA) is 92.7 Å². The first-order valence-electron chi connectivity index (χ1n) is 9.35. The number of rotatable bonds is 11. The Morgan fingerprint density at radius 3 is 2.43 bits per heavy atom. The van der Waals surface area contributed by atoms with Crippen LogP contribution in [0.2, 0.25) is 0 Å². The molecule has 2 rings (SSSR count). The van der Waals surface area contributed by atoms with Crippen LogP contribution in [0.1, 0.15) is 48.5 Å². The zero-order valence-corrected chi connectivity index (χ0v) is 15.9. The molecule has 0 aliphatic rings. The van der Waals surface area contributed by atoms with Crippen LogP contribution in [0.25, 0.3) is 0 Å². The molecule has 28 heavy (non-hydrogen) atoms. The second-order valence-corrected chi connectivity index (χ2v) is 6.41. The number of carboxylic acids is 1. The highest BCUT2D eigenvalue weighted by molar-refractivity contribution is 6.00. The molecule has 0 aliphatic carbocycles. The molecule has 2 aromatic carbocycles. The van der Waals surface area contributed by atoms with Crippen molar-refractivity contribution in [1.29, 1.82) is 0 Å². The lowest BCUT2D eigenvalue weighted by atomic mass is 10.1. The summed E-state index contributed by atoms with van der Waals surface area (Å²) in [4.78, 5) is 35.3. The quantitative estimate of drug-likeness (QED) is 0.570. The van der Waals surface area contributed by atoms with Crippen LogP contribution in [-0.2, 0) is 16.0 Å². The van der Waals surface area contributed by atoms with Gasteiger partial charge in [0.15, 0.2) is 5.78 Å². The maximum absolute atomic E-state index is 12.3. The highest BCUT2D eigenvalue weighted by Crippen LogP contribution is 2.27. The van der Waals surface area contributed by atoms with Crippen molar-refractivity contribution in [2.75, 3.05) is 11.9 Å². The lowest BCUT2D eigenvalue weighted by Gasteiger charge is -2.14. The fourth-order valence-electron chi connectivity index (χ4n) is 2.63. The fraction of sp³-hybridized carbons (Fsp3) is 0.318. The van der Waals surface area contributed by atoms with Crippen molar-refractivity contribution in [3.63, 3.8) is 0 Å². The highest BCUT2D eigenvalue weighted by atomic mass is 16.5. The number of Topliss-reactive ketones (excluding diaryl/α,β-unsaturated/α-hetero) is 1. The van der Waals surface area contributed by atoms with Crippen LogP contribution in [0.4, 0.5) is 5.69 Å². The number of carbonyl (C=O) groups is 3. The summed E-state index contributed by atoms with van der Waals surface area (Å²) in [6.07, 6.45) is 1.35. The number of ether oxygens (including phenoxy) is 1. The smallest absolute Gasteiger partial charge is 0.303 e. The van der Waals surface area contributed by atoms with Gasteiger partial charge in [-0.25, -0.2) is 0 Å². The largest absolute Gasteiger partial charge is 0.491 e. The van der Waals surface area contributed by atoms with E-state index in [1.54, 1.807) is 42.5 Å². The van der Waals surface area contributed by atoms with Gasteiger partial charge in [0.05, 0.1) is 12.3 Å². The number of carboxylic acid groups (broad SMARTS) is 1. The second kappa shape index (κ2) is 10.9. The third-order valence-electron chi connectivity index (χ3n) is 4.08. The molecule has 0 saturated carbocycles. The number of benzene rings is 2. The van der Waals surface area contributed by atoms with E-state index in [1.165, 1.54) is 0 Å².